The van der Waals surface area contributed by atoms with Crippen LogP contribution < -0.4 is 14.4 Å². The Hall–Kier alpha value is -1.89. The van der Waals surface area contributed by atoms with Crippen molar-refractivity contribution in [3.63, 3.8) is 0 Å². The van der Waals surface area contributed by atoms with Crippen LogP contribution in [0.2, 0.25) is 0 Å². The Morgan fingerprint density at radius 1 is 1.22 bits per heavy atom. The van der Waals surface area contributed by atoms with Gasteiger partial charge in [-0.15, -0.1) is 0 Å². The number of anilines is 2. The lowest BCUT2D eigenvalue weighted by Crippen LogP contribution is -2.11. The molecule has 2 rings (SSSR count). The van der Waals surface area contributed by atoms with Gasteiger partial charge in [0.05, 0.1) is 19.9 Å². The molecule has 18 heavy (non-hydrogen) atoms. The molecular weight excluding hydrogens is 252 g/mol. The number of methoxy groups -OCH3 is 2. The van der Waals surface area contributed by atoms with Crippen LogP contribution in [0.4, 0.5) is 10.8 Å². The van der Waals surface area contributed by atoms with Crippen LogP contribution in [0.1, 0.15) is 5.56 Å². The van der Waals surface area contributed by atoms with Gasteiger partial charge in [-0.05, 0) is 24.3 Å². The molecule has 0 saturated heterocycles. The van der Waals surface area contributed by atoms with Crippen LogP contribution in [-0.2, 0) is 0 Å². The molecule has 0 fully saturated rings. The van der Waals surface area contributed by atoms with Gasteiger partial charge in [-0.2, -0.15) is 0 Å². The van der Waals surface area contributed by atoms with E-state index in [2.05, 4.69) is 14.8 Å². The summed E-state index contributed by atoms with van der Waals surface area (Å²) in [4.78, 5) is 1.88. The Morgan fingerprint density at radius 2 is 2.00 bits per heavy atom. The molecule has 0 aliphatic carbocycles. The lowest BCUT2D eigenvalue weighted by atomic mass is 10.1. The van der Waals surface area contributed by atoms with Gasteiger partial charge in [-0.1, -0.05) is 9.59 Å². The first kappa shape index (κ1) is 12.6. The smallest absolute Gasteiger partial charge is 0.232 e. The molecule has 7 heteroatoms. The van der Waals surface area contributed by atoms with E-state index in [0.717, 1.165) is 22.7 Å². The fourth-order valence-electron chi connectivity index (χ4n) is 1.76. The second-order valence-electron chi connectivity index (χ2n) is 3.65. The van der Waals surface area contributed by atoms with E-state index < -0.39 is 0 Å². The Labute approximate surface area is 109 Å². The van der Waals surface area contributed by atoms with Crippen molar-refractivity contribution in [2.45, 2.75) is 6.92 Å². The maximum absolute atomic E-state index is 5.45. The van der Waals surface area contributed by atoms with Crippen molar-refractivity contribution < 1.29 is 9.47 Å². The third-order valence-corrected chi connectivity index (χ3v) is 3.37. The molecule has 0 amide bonds. The Bertz CT molecular complexity index is 530. The van der Waals surface area contributed by atoms with Gasteiger partial charge in [0.2, 0.25) is 5.13 Å². The number of benzene rings is 1. The molecule has 2 aromatic rings. The summed E-state index contributed by atoms with van der Waals surface area (Å²) in [6.07, 6.45) is 0. The molecule has 0 spiro atoms. The minimum absolute atomic E-state index is 0.706. The predicted molar refractivity (Wildman–Crippen MR) is 70.1 cm³/mol. The van der Waals surface area contributed by atoms with Gasteiger partial charge in [0, 0.05) is 24.1 Å². The van der Waals surface area contributed by atoms with Gasteiger partial charge >= 0.3 is 0 Å². The summed E-state index contributed by atoms with van der Waals surface area (Å²) < 4.78 is 14.5. The average Bonchev–Trinajstić information content (AvgIpc) is 2.91. The molecule has 0 aliphatic rings. The van der Waals surface area contributed by atoms with Crippen molar-refractivity contribution in [2.75, 3.05) is 26.2 Å². The topological polar surface area (TPSA) is 60.4 Å². The molecule has 0 atom stereocenters. The lowest BCUT2D eigenvalue weighted by Gasteiger charge is -2.20. The molecule has 0 radical (unpaired) electrons. The normalized spacial score (nSPS) is 10.2. The van der Waals surface area contributed by atoms with Crippen LogP contribution in [0.25, 0.3) is 0 Å². The molecule has 1 aromatic heterocycles. The summed E-state index contributed by atoms with van der Waals surface area (Å²) in [6.45, 7) is 1.95. The Kier molecular flexibility index (Phi) is 3.61. The maximum atomic E-state index is 5.45. The number of hydrogen-bond donors (Lipinski definition) is 0. The summed E-state index contributed by atoms with van der Waals surface area (Å²) in [7, 11) is 5.17. The van der Waals surface area contributed by atoms with Gasteiger partial charge < -0.3 is 14.4 Å². The van der Waals surface area contributed by atoms with Gasteiger partial charge in [-0.25, -0.2) is 0 Å². The highest BCUT2D eigenvalue weighted by atomic mass is 32.1. The number of hydrogen-bond acceptors (Lipinski definition) is 7. The summed E-state index contributed by atoms with van der Waals surface area (Å²) >= 11 is 1.23. The Morgan fingerprint density at radius 3 is 2.56 bits per heavy atom. The monoisotopic (exact) mass is 266 g/mol. The van der Waals surface area contributed by atoms with Crippen molar-refractivity contribution in [3.8, 4) is 11.5 Å². The van der Waals surface area contributed by atoms with Crippen molar-refractivity contribution in [1.29, 1.82) is 0 Å². The molecule has 0 N–H and O–H groups in total. The summed E-state index contributed by atoms with van der Waals surface area (Å²) in [5.74, 6) is 1.55. The first-order chi connectivity index (χ1) is 8.69. The van der Waals surface area contributed by atoms with Crippen molar-refractivity contribution >= 4 is 22.4 Å². The summed E-state index contributed by atoms with van der Waals surface area (Å²) in [6, 6.07) is 3.82. The highest BCUT2D eigenvalue weighted by molar-refractivity contribution is 7.09. The van der Waals surface area contributed by atoms with Gasteiger partial charge in [0.15, 0.2) is 0 Å². The predicted octanol–water partition coefficient (Wildman–Crippen LogP) is 2.03. The second-order valence-corrected chi connectivity index (χ2v) is 4.36. The van der Waals surface area contributed by atoms with Crippen molar-refractivity contribution in [2.24, 2.45) is 0 Å². The molecule has 96 valence electrons. The lowest BCUT2D eigenvalue weighted by molar-refractivity contribution is 0.389. The first-order valence-electron chi connectivity index (χ1n) is 5.29. The standard InChI is InChI=1S/C11H14N4O2S/c1-7-9(16-3)6-5-8(10(7)17-4)15(2)11-12-13-14-18-11/h5-6H,1-4H3. The van der Waals surface area contributed by atoms with E-state index in [1.54, 1.807) is 14.2 Å². The number of rotatable bonds is 4. The summed E-state index contributed by atoms with van der Waals surface area (Å²) in [5, 5.41) is 8.23. The first-order valence-corrected chi connectivity index (χ1v) is 6.06. The summed E-state index contributed by atoms with van der Waals surface area (Å²) in [5.41, 5.74) is 1.84. The number of aromatic nitrogens is 3. The largest absolute Gasteiger partial charge is 0.496 e. The van der Waals surface area contributed by atoms with Crippen LogP contribution in [0.3, 0.4) is 0 Å². The molecule has 0 saturated carbocycles. The van der Waals surface area contributed by atoms with Crippen LogP contribution in [-0.4, -0.2) is 36.1 Å². The zero-order chi connectivity index (χ0) is 13.1. The molecule has 0 bridgehead atoms. The zero-order valence-corrected chi connectivity index (χ0v) is 11.5. The molecule has 6 nitrogen and oxygen atoms in total. The fourth-order valence-corrected chi connectivity index (χ4v) is 2.20. The van der Waals surface area contributed by atoms with E-state index in [-0.39, 0.29) is 0 Å². The van der Waals surface area contributed by atoms with E-state index in [9.17, 15) is 0 Å². The van der Waals surface area contributed by atoms with Crippen molar-refractivity contribution in [1.82, 2.24) is 14.8 Å². The van der Waals surface area contributed by atoms with Crippen LogP contribution in [0.15, 0.2) is 12.1 Å². The average molecular weight is 266 g/mol. The van der Waals surface area contributed by atoms with Crippen LogP contribution in [0.5, 0.6) is 11.5 Å². The van der Waals surface area contributed by atoms with E-state index in [0.29, 0.717) is 5.13 Å². The van der Waals surface area contributed by atoms with E-state index in [1.165, 1.54) is 11.5 Å². The van der Waals surface area contributed by atoms with E-state index in [4.69, 9.17) is 9.47 Å². The quantitative estimate of drug-likeness (QED) is 0.843. The number of ether oxygens (including phenoxy) is 2. The van der Waals surface area contributed by atoms with Crippen LogP contribution in [0, 0.1) is 6.92 Å². The molecular formula is C11H14N4O2S. The van der Waals surface area contributed by atoms with Gasteiger partial charge in [-0.3, -0.25) is 0 Å². The second kappa shape index (κ2) is 5.18. The third-order valence-electron chi connectivity index (χ3n) is 2.70. The Balaban J connectivity index is 2.48. The van der Waals surface area contributed by atoms with Crippen molar-refractivity contribution in [3.05, 3.63) is 17.7 Å². The highest BCUT2D eigenvalue weighted by Gasteiger charge is 2.17. The maximum Gasteiger partial charge on any atom is 0.232 e. The fraction of sp³-hybridized carbons (Fsp3) is 0.364. The minimum atomic E-state index is 0.706. The molecule has 0 aliphatic heterocycles. The zero-order valence-electron chi connectivity index (χ0n) is 10.7. The minimum Gasteiger partial charge on any atom is -0.496 e. The van der Waals surface area contributed by atoms with Gasteiger partial charge in [0.25, 0.3) is 0 Å². The third kappa shape index (κ3) is 2.08. The van der Waals surface area contributed by atoms with E-state index in [1.807, 2.05) is 31.0 Å². The van der Waals surface area contributed by atoms with Crippen LogP contribution >= 0.6 is 11.5 Å². The molecule has 0 unspecified atom stereocenters. The highest BCUT2D eigenvalue weighted by Crippen LogP contribution is 2.39. The van der Waals surface area contributed by atoms with E-state index >= 15 is 0 Å². The number of nitrogens with zero attached hydrogens (tertiary/aromatic N) is 4. The molecule has 1 heterocycles. The SMILES string of the molecule is COc1ccc(N(C)c2nnns2)c(OC)c1C. The van der Waals surface area contributed by atoms with Gasteiger partial charge in [0.1, 0.15) is 11.5 Å². The molecule has 1 aromatic carbocycles.